The van der Waals surface area contributed by atoms with Crippen molar-refractivity contribution in [2.75, 3.05) is 43.4 Å². The number of aryl methyl sites for hydroxylation is 1. The third-order valence-electron chi connectivity index (χ3n) is 7.31. The third-order valence-corrected chi connectivity index (χ3v) is 8.12. The first-order chi connectivity index (χ1) is 17.5. The number of nitrogens with zero attached hydrogens (tertiary/aromatic N) is 5. The van der Waals surface area contributed by atoms with Crippen LogP contribution in [0.4, 0.5) is 17.6 Å². The molecule has 3 aromatic rings. The summed E-state index contributed by atoms with van der Waals surface area (Å²) in [7, 11) is 0. The van der Waals surface area contributed by atoms with Crippen LogP contribution in [-0.2, 0) is 4.79 Å². The Morgan fingerprint density at radius 2 is 1.92 bits per heavy atom. The number of likely N-dealkylation sites (tertiary alicyclic amines) is 1. The number of carbonyl (C=O) groups excluding carboxylic acids is 1. The SMILES string of the molecule is CCC1CC(Nc2nc(Nc3cc(C)[nH]n3)c3ccsc3n2)CC(CC)N1C(=O)CN1CCNCC1. The van der Waals surface area contributed by atoms with Gasteiger partial charge < -0.3 is 20.9 Å². The lowest BCUT2D eigenvalue weighted by atomic mass is 9.88. The van der Waals surface area contributed by atoms with E-state index in [0.29, 0.717) is 12.5 Å². The Balaban J connectivity index is 1.31. The van der Waals surface area contributed by atoms with Crippen molar-refractivity contribution in [2.24, 2.45) is 0 Å². The number of carbonyl (C=O) groups is 1. The molecule has 1 amide bonds. The molecule has 10 nitrogen and oxygen atoms in total. The molecule has 0 aromatic carbocycles. The summed E-state index contributed by atoms with van der Waals surface area (Å²) in [5, 5.41) is 20.6. The molecule has 11 heteroatoms. The Morgan fingerprint density at radius 1 is 1.17 bits per heavy atom. The van der Waals surface area contributed by atoms with Crippen molar-refractivity contribution in [2.45, 2.75) is 64.6 Å². The number of rotatable bonds is 8. The van der Waals surface area contributed by atoms with Crippen molar-refractivity contribution < 1.29 is 4.79 Å². The van der Waals surface area contributed by atoms with Crippen LogP contribution in [0.3, 0.4) is 0 Å². The van der Waals surface area contributed by atoms with Gasteiger partial charge in [0.25, 0.3) is 0 Å². The summed E-state index contributed by atoms with van der Waals surface area (Å²) in [6.07, 6.45) is 3.68. The van der Waals surface area contributed by atoms with Gasteiger partial charge in [-0.1, -0.05) is 13.8 Å². The molecule has 2 aliphatic heterocycles. The molecular formula is C25H37N9OS. The summed E-state index contributed by atoms with van der Waals surface area (Å²) in [5.74, 6) is 2.37. The molecule has 194 valence electrons. The number of piperidine rings is 1. The maximum Gasteiger partial charge on any atom is 0.237 e. The number of thiophene rings is 1. The van der Waals surface area contributed by atoms with Crippen molar-refractivity contribution in [1.82, 2.24) is 35.3 Å². The maximum atomic E-state index is 13.4. The number of hydrogen-bond acceptors (Lipinski definition) is 9. The zero-order valence-corrected chi connectivity index (χ0v) is 22.2. The number of aromatic amines is 1. The fraction of sp³-hybridized carbons (Fsp3) is 0.600. The molecule has 5 rings (SSSR count). The molecule has 2 aliphatic rings. The predicted octanol–water partition coefficient (Wildman–Crippen LogP) is 3.33. The zero-order chi connectivity index (χ0) is 25.1. The van der Waals surface area contributed by atoms with E-state index in [1.165, 1.54) is 0 Å². The fourth-order valence-corrected chi connectivity index (χ4v) is 6.24. The molecule has 2 saturated heterocycles. The summed E-state index contributed by atoms with van der Waals surface area (Å²) in [4.78, 5) is 28.5. The molecule has 0 saturated carbocycles. The summed E-state index contributed by atoms with van der Waals surface area (Å²) < 4.78 is 0. The topological polar surface area (TPSA) is 114 Å². The van der Waals surface area contributed by atoms with Crippen LogP contribution >= 0.6 is 11.3 Å². The number of H-pyrrole nitrogens is 1. The monoisotopic (exact) mass is 511 g/mol. The van der Waals surface area contributed by atoms with Crippen LogP contribution in [-0.4, -0.2) is 86.7 Å². The summed E-state index contributed by atoms with van der Waals surface area (Å²) >= 11 is 1.60. The van der Waals surface area contributed by atoms with Gasteiger partial charge in [-0.15, -0.1) is 11.3 Å². The van der Waals surface area contributed by atoms with Crippen molar-refractivity contribution >= 4 is 45.0 Å². The zero-order valence-electron chi connectivity index (χ0n) is 21.4. The van der Waals surface area contributed by atoms with Gasteiger partial charge in [-0.05, 0) is 44.1 Å². The Bertz CT molecular complexity index is 1160. The lowest BCUT2D eigenvalue weighted by Gasteiger charge is -2.46. The van der Waals surface area contributed by atoms with E-state index in [-0.39, 0.29) is 24.0 Å². The maximum absolute atomic E-state index is 13.4. The summed E-state index contributed by atoms with van der Waals surface area (Å²) in [6.45, 7) is 10.7. The molecule has 0 aliphatic carbocycles. The first kappa shape index (κ1) is 24.9. The van der Waals surface area contributed by atoms with E-state index in [9.17, 15) is 4.79 Å². The van der Waals surface area contributed by atoms with Gasteiger partial charge in [0.1, 0.15) is 10.6 Å². The predicted molar refractivity (Wildman–Crippen MR) is 145 cm³/mol. The number of hydrogen-bond donors (Lipinski definition) is 4. The van der Waals surface area contributed by atoms with Gasteiger partial charge in [-0.2, -0.15) is 10.1 Å². The van der Waals surface area contributed by atoms with Crippen LogP contribution < -0.4 is 16.0 Å². The number of anilines is 3. The standard InChI is InChI=1S/C25H37N9OS/c1-4-18-13-17(14-19(5-2)34(18)22(35)15-33-9-7-26-8-10-33)27-25-29-23(20-6-11-36-24(20)30-25)28-21-12-16(3)31-32-21/h6,11-12,17-19,26H,4-5,7-10,13-15H2,1-3H3,(H3,27,28,29,30,31,32). The average molecular weight is 512 g/mol. The molecule has 4 N–H and O–H groups in total. The van der Waals surface area contributed by atoms with Gasteiger partial charge in [-0.25, -0.2) is 4.98 Å². The second kappa shape index (κ2) is 11.1. The highest BCUT2D eigenvalue weighted by molar-refractivity contribution is 7.16. The molecule has 0 spiro atoms. The minimum atomic E-state index is 0.209. The lowest BCUT2D eigenvalue weighted by molar-refractivity contribution is -0.140. The lowest BCUT2D eigenvalue weighted by Crippen LogP contribution is -2.57. The number of amides is 1. The third kappa shape index (κ3) is 5.47. The van der Waals surface area contributed by atoms with E-state index >= 15 is 0 Å². The molecule has 2 atom stereocenters. The average Bonchev–Trinajstić information content (AvgIpc) is 3.52. The van der Waals surface area contributed by atoms with Gasteiger partial charge in [-0.3, -0.25) is 14.8 Å². The minimum Gasteiger partial charge on any atom is -0.351 e. The van der Waals surface area contributed by atoms with E-state index in [1.54, 1.807) is 11.3 Å². The molecule has 2 fully saturated rings. The van der Waals surface area contributed by atoms with Crippen LogP contribution in [0.2, 0.25) is 0 Å². The molecule has 0 radical (unpaired) electrons. The minimum absolute atomic E-state index is 0.209. The Labute approximate surface area is 216 Å². The molecular weight excluding hydrogens is 474 g/mol. The molecule has 0 bridgehead atoms. The van der Waals surface area contributed by atoms with Gasteiger partial charge in [0.2, 0.25) is 11.9 Å². The Morgan fingerprint density at radius 3 is 2.58 bits per heavy atom. The van der Waals surface area contributed by atoms with Gasteiger partial charge in [0, 0.05) is 56.1 Å². The Kier molecular flexibility index (Phi) is 7.68. The summed E-state index contributed by atoms with van der Waals surface area (Å²) in [6, 6.07) is 4.63. The van der Waals surface area contributed by atoms with E-state index in [4.69, 9.17) is 9.97 Å². The van der Waals surface area contributed by atoms with Gasteiger partial charge in [0.15, 0.2) is 5.82 Å². The van der Waals surface area contributed by atoms with Crippen LogP contribution in [0.25, 0.3) is 10.2 Å². The van der Waals surface area contributed by atoms with Crippen LogP contribution in [0.5, 0.6) is 0 Å². The van der Waals surface area contributed by atoms with Crippen LogP contribution in [0, 0.1) is 6.92 Å². The van der Waals surface area contributed by atoms with E-state index in [1.807, 2.05) is 24.4 Å². The number of aromatic nitrogens is 4. The number of nitrogens with one attached hydrogen (secondary N) is 4. The molecule has 36 heavy (non-hydrogen) atoms. The second-order valence-electron chi connectivity index (χ2n) is 9.86. The molecule has 2 unspecified atom stereocenters. The van der Waals surface area contributed by atoms with Crippen molar-refractivity contribution in [1.29, 1.82) is 0 Å². The molecule has 5 heterocycles. The fourth-order valence-electron chi connectivity index (χ4n) is 5.47. The van der Waals surface area contributed by atoms with Crippen molar-refractivity contribution in [3.63, 3.8) is 0 Å². The highest BCUT2D eigenvalue weighted by Gasteiger charge is 2.37. The van der Waals surface area contributed by atoms with E-state index in [2.05, 4.69) is 49.8 Å². The number of fused-ring (bicyclic) bond motifs is 1. The smallest absolute Gasteiger partial charge is 0.237 e. The summed E-state index contributed by atoms with van der Waals surface area (Å²) in [5.41, 5.74) is 0.987. The van der Waals surface area contributed by atoms with E-state index in [0.717, 1.165) is 79.4 Å². The van der Waals surface area contributed by atoms with Gasteiger partial charge in [0.05, 0.1) is 11.9 Å². The quantitative estimate of drug-likeness (QED) is 0.364. The van der Waals surface area contributed by atoms with Crippen molar-refractivity contribution in [3.05, 3.63) is 23.2 Å². The first-order valence-electron chi connectivity index (χ1n) is 13.1. The Hall–Kier alpha value is -2.76. The highest BCUT2D eigenvalue weighted by atomic mass is 32.1. The van der Waals surface area contributed by atoms with Crippen LogP contribution in [0.1, 0.15) is 45.2 Å². The largest absolute Gasteiger partial charge is 0.351 e. The van der Waals surface area contributed by atoms with Crippen LogP contribution in [0.15, 0.2) is 17.5 Å². The van der Waals surface area contributed by atoms with Crippen molar-refractivity contribution in [3.8, 4) is 0 Å². The second-order valence-corrected chi connectivity index (χ2v) is 10.8. The highest BCUT2D eigenvalue weighted by Crippen LogP contribution is 2.32. The number of piperazine rings is 1. The van der Waals surface area contributed by atoms with Gasteiger partial charge >= 0.3 is 0 Å². The molecule has 3 aromatic heterocycles. The van der Waals surface area contributed by atoms with E-state index < -0.39 is 0 Å². The first-order valence-corrected chi connectivity index (χ1v) is 14.0. The normalized spacial score (nSPS) is 23.2.